The molecule has 0 fully saturated rings. The topological polar surface area (TPSA) is 29.0 Å². The summed E-state index contributed by atoms with van der Waals surface area (Å²) in [6, 6.07) is 11.7. The van der Waals surface area contributed by atoms with Gasteiger partial charge in [0.25, 0.3) is 0 Å². The van der Waals surface area contributed by atoms with Crippen molar-refractivity contribution in [2.45, 2.75) is 33.6 Å². The van der Waals surface area contributed by atoms with Crippen LogP contribution in [0.3, 0.4) is 0 Å². The van der Waals surface area contributed by atoms with E-state index in [1.165, 1.54) is 0 Å². The van der Waals surface area contributed by atoms with Crippen LogP contribution in [0.15, 0.2) is 36.4 Å². The highest BCUT2D eigenvalue weighted by Crippen LogP contribution is 2.37. The van der Waals surface area contributed by atoms with E-state index in [2.05, 4.69) is 18.7 Å². The molecule has 0 saturated heterocycles. The first kappa shape index (κ1) is 18.9. The summed E-state index contributed by atoms with van der Waals surface area (Å²) in [5.41, 5.74) is 2.76. The van der Waals surface area contributed by atoms with Crippen LogP contribution in [0.5, 0.6) is 0 Å². The summed E-state index contributed by atoms with van der Waals surface area (Å²) in [7, 11) is 0. The van der Waals surface area contributed by atoms with Gasteiger partial charge < -0.3 is 4.90 Å². The molecule has 0 amide bonds. The summed E-state index contributed by atoms with van der Waals surface area (Å²) >= 11 is 12.9. The number of aryl methyl sites for hydroxylation is 1. The zero-order chi connectivity index (χ0) is 18.7. The van der Waals surface area contributed by atoms with Crippen LogP contribution >= 0.6 is 23.2 Å². The molecule has 2 aromatic carbocycles. The lowest BCUT2D eigenvalue weighted by Crippen LogP contribution is -2.25. The number of aromatic nitrogens is 2. The number of hydrogen-bond donors (Lipinski definition) is 0. The van der Waals surface area contributed by atoms with Crippen molar-refractivity contribution >= 4 is 39.9 Å². The fraction of sp³-hybridized carbons (Fsp3) is 0.333. The molecule has 0 spiro atoms. The molecule has 5 heteroatoms. The molecule has 0 aliphatic heterocycles. The van der Waals surface area contributed by atoms with Crippen LogP contribution in [0.25, 0.3) is 22.0 Å². The lowest BCUT2D eigenvalue weighted by atomic mass is 10.0. The monoisotopic (exact) mass is 387 g/mol. The minimum absolute atomic E-state index is 0.660. The van der Waals surface area contributed by atoms with Crippen molar-refractivity contribution in [3.63, 3.8) is 0 Å². The molecule has 3 nitrogen and oxygen atoms in total. The Morgan fingerprint density at radius 2 is 1.77 bits per heavy atom. The number of hydrogen-bond acceptors (Lipinski definition) is 3. The molecule has 3 rings (SSSR count). The number of anilines is 1. The largest absolute Gasteiger partial charge is 0.356 e. The lowest BCUT2D eigenvalue weighted by molar-refractivity contribution is 0.724. The van der Waals surface area contributed by atoms with Crippen molar-refractivity contribution in [1.29, 1.82) is 0 Å². The predicted molar refractivity (Wildman–Crippen MR) is 113 cm³/mol. The molecular formula is C21H23Cl2N3. The van der Waals surface area contributed by atoms with Gasteiger partial charge in [0.15, 0.2) is 0 Å². The third-order valence-corrected chi connectivity index (χ3v) is 5.03. The van der Waals surface area contributed by atoms with Crippen molar-refractivity contribution in [2.24, 2.45) is 0 Å². The summed E-state index contributed by atoms with van der Waals surface area (Å²) in [6.45, 7) is 8.13. The fourth-order valence-corrected chi connectivity index (χ4v) is 3.63. The molecule has 0 saturated carbocycles. The maximum absolute atomic E-state index is 6.47. The molecular weight excluding hydrogens is 365 g/mol. The quantitative estimate of drug-likeness (QED) is 0.480. The maximum Gasteiger partial charge on any atom is 0.140 e. The van der Waals surface area contributed by atoms with E-state index < -0.39 is 0 Å². The van der Waals surface area contributed by atoms with E-state index in [1.54, 1.807) is 0 Å². The SMILES string of the molecule is CCCCN(CC)c1nc(C)nc2c(-c3ccccc3Cl)cc(Cl)cc12. The molecule has 136 valence electrons. The number of halogens is 2. The second-order valence-corrected chi connectivity index (χ2v) is 7.20. The van der Waals surface area contributed by atoms with Gasteiger partial charge in [0.2, 0.25) is 0 Å². The summed E-state index contributed by atoms with van der Waals surface area (Å²) in [4.78, 5) is 11.8. The standard InChI is InChI=1S/C21H23Cl2N3/c1-4-6-11-26(5-2)21-18-13-15(22)12-17(20(18)24-14(3)25-21)16-9-7-8-10-19(16)23/h7-10,12-13H,4-6,11H2,1-3H3. The number of benzene rings is 2. The Morgan fingerprint density at radius 3 is 2.46 bits per heavy atom. The molecule has 26 heavy (non-hydrogen) atoms. The molecule has 0 aliphatic carbocycles. The highest BCUT2D eigenvalue weighted by Gasteiger charge is 2.17. The predicted octanol–water partition coefficient (Wildman–Crippen LogP) is 6.54. The third-order valence-electron chi connectivity index (χ3n) is 4.48. The van der Waals surface area contributed by atoms with Gasteiger partial charge in [0.1, 0.15) is 11.6 Å². The molecule has 0 atom stereocenters. The van der Waals surface area contributed by atoms with Crippen LogP contribution in [-0.4, -0.2) is 23.1 Å². The summed E-state index contributed by atoms with van der Waals surface area (Å²) in [5, 5.41) is 2.32. The minimum atomic E-state index is 0.660. The van der Waals surface area contributed by atoms with Crippen LogP contribution in [0.4, 0.5) is 5.82 Å². The first-order valence-electron chi connectivity index (χ1n) is 9.02. The Bertz CT molecular complexity index is 925. The van der Waals surface area contributed by atoms with Gasteiger partial charge in [-0.05, 0) is 38.5 Å². The lowest BCUT2D eigenvalue weighted by Gasteiger charge is -2.24. The van der Waals surface area contributed by atoms with Gasteiger partial charge in [-0.2, -0.15) is 0 Å². The van der Waals surface area contributed by atoms with Gasteiger partial charge in [-0.1, -0.05) is 54.7 Å². The first-order chi connectivity index (χ1) is 12.5. The van der Waals surface area contributed by atoms with Gasteiger partial charge in [0, 0.05) is 39.6 Å². The van der Waals surface area contributed by atoms with E-state index in [0.717, 1.165) is 59.6 Å². The van der Waals surface area contributed by atoms with Crippen molar-refractivity contribution in [1.82, 2.24) is 9.97 Å². The Hall–Kier alpha value is -1.84. The van der Waals surface area contributed by atoms with Gasteiger partial charge in [-0.15, -0.1) is 0 Å². The molecule has 3 aromatic rings. The molecule has 0 bridgehead atoms. The van der Waals surface area contributed by atoms with E-state index >= 15 is 0 Å². The van der Waals surface area contributed by atoms with Crippen molar-refractivity contribution in [3.8, 4) is 11.1 Å². The van der Waals surface area contributed by atoms with Crippen LogP contribution in [-0.2, 0) is 0 Å². The van der Waals surface area contributed by atoms with E-state index in [9.17, 15) is 0 Å². The average molecular weight is 388 g/mol. The van der Waals surface area contributed by atoms with E-state index in [4.69, 9.17) is 33.2 Å². The summed E-state index contributed by atoms with van der Waals surface area (Å²) < 4.78 is 0. The molecule has 1 aromatic heterocycles. The first-order valence-corrected chi connectivity index (χ1v) is 9.78. The van der Waals surface area contributed by atoms with Crippen LogP contribution < -0.4 is 4.90 Å². The summed E-state index contributed by atoms with van der Waals surface area (Å²) in [5.74, 6) is 1.69. The van der Waals surface area contributed by atoms with Crippen molar-refractivity contribution in [2.75, 3.05) is 18.0 Å². The summed E-state index contributed by atoms with van der Waals surface area (Å²) in [6.07, 6.45) is 2.26. The third kappa shape index (κ3) is 3.79. The second-order valence-electron chi connectivity index (χ2n) is 6.36. The van der Waals surface area contributed by atoms with Gasteiger partial charge in [0.05, 0.1) is 5.52 Å². The Balaban J connectivity index is 2.28. The maximum atomic E-state index is 6.47. The minimum Gasteiger partial charge on any atom is -0.356 e. The van der Waals surface area contributed by atoms with Crippen LogP contribution in [0.1, 0.15) is 32.5 Å². The molecule has 0 unspecified atom stereocenters. The highest BCUT2D eigenvalue weighted by atomic mass is 35.5. The number of rotatable bonds is 6. The molecule has 1 heterocycles. The molecule has 0 radical (unpaired) electrons. The molecule has 0 N–H and O–H groups in total. The second kappa shape index (κ2) is 8.24. The fourth-order valence-electron chi connectivity index (χ4n) is 3.18. The molecule has 0 aliphatic rings. The van der Waals surface area contributed by atoms with Crippen LogP contribution in [0.2, 0.25) is 10.0 Å². The Kier molecular flexibility index (Phi) is 6.00. The van der Waals surface area contributed by atoms with Gasteiger partial charge in [-0.3, -0.25) is 0 Å². The zero-order valence-electron chi connectivity index (χ0n) is 15.4. The van der Waals surface area contributed by atoms with Crippen molar-refractivity contribution in [3.05, 3.63) is 52.3 Å². The van der Waals surface area contributed by atoms with Crippen molar-refractivity contribution < 1.29 is 0 Å². The van der Waals surface area contributed by atoms with E-state index in [-0.39, 0.29) is 0 Å². The van der Waals surface area contributed by atoms with Gasteiger partial charge in [-0.25, -0.2) is 9.97 Å². The van der Waals surface area contributed by atoms with E-state index in [1.807, 2.05) is 43.3 Å². The normalized spacial score (nSPS) is 11.1. The zero-order valence-corrected chi connectivity index (χ0v) is 16.9. The Labute approximate surface area is 165 Å². The smallest absolute Gasteiger partial charge is 0.140 e. The number of nitrogens with zero attached hydrogens (tertiary/aromatic N) is 3. The van der Waals surface area contributed by atoms with E-state index in [0.29, 0.717) is 10.0 Å². The van der Waals surface area contributed by atoms with Gasteiger partial charge >= 0.3 is 0 Å². The Morgan fingerprint density at radius 1 is 1.00 bits per heavy atom. The highest BCUT2D eigenvalue weighted by molar-refractivity contribution is 6.35. The number of fused-ring (bicyclic) bond motifs is 1. The van der Waals surface area contributed by atoms with Crippen LogP contribution in [0, 0.1) is 6.92 Å². The average Bonchev–Trinajstić information content (AvgIpc) is 2.62. The number of unbranched alkanes of at least 4 members (excludes halogenated alkanes) is 1.